The maximum atomic E-state index is 11.8. The van der Waals surface area contributed by atoms with Crippen molar-refractivity contribution in [2.45, 2.75) is 23.8 Å². The first-order chi connectivity index (χ1) is 10.4. The number of hydrogen-bond donors (Lipinski definition) is 1. The zero-order chi connectivity index (χ0) is 16.3. The van der Waals surface area contributed by atoms with E-state index >= 15 is 0 Å². The van der Waals surface area contributed by atoms with Crippen LogP contribution in [-0.2, 0) is 4.74 Å². The van der Waals surface area contributed by atoms with Crippen LogP contribution in [0.1, 0.15) is 23.1 Å². The molecule has 0 amide bonds. The fourth-order valence-electron chi connectivity index (χ4n) is 1.53. The first-order valence-corrected chi connectivity index (χ1v) is 7.80. The smallest absolute Gasteiger partial charge is 0.360 e. The van der Waals surface area contributed by atoms with Crippen LogP contribution < -0.4 is 5.73 Å². The van der Waals surface area contributed by atoms with Crippen LogP contribution in [-0.4, -0.2) is 27.5 Å². The minimum Gasteiger partial charge on any atom is -0.461 e. The van der Waals surface area contributed by atoms with Gasteiger partial charge in [-0.15, -0.1) is 0 Å². The zero-order valence-corrected chi connectivity index (χ0v) is 14.1. The van der Waals surface area contributed by atoms with Gasteiger partial charge in [0.15, 0.2) is 10.8 Å². The minimum atomic E-state index is -0.623. The molecule has 0 atom stereocenters. The number of anilines is 1. The van der Waals surface area contributed by atoms with Crippen LogP contribution in [0, 0.1) is 6.92 Å². The Morgan fingerprint density at radius 1 is 1.41 bits per heavy atom. The van der Waals surface area contributed by atoms with Gasteiger partial charge in [0.05, 0.1) is 17.3 Å². The Labute approximate surface area is 141 Å². The number of nitrogen functional groups attached to an aromatic ring is 1. The summed E-state index contributed by atoms with van der Waals surface area (Å²) in [7, 11) is 0. The first-order valence-electron chi connectivity index (χ1n) is 6.23. The normalized spacial score (nSPS) is 10.5. The van der Waals surface area contributed by atoms with E-state index in [1.165, 1.54) is 18.0 Å². The van der Waals surface area contributed by atoms with Gasteiger partial charge in [-0.25, -0.2) is 19.7 Å². The largest absolute Gasteiger partial charge is 0.461 e. The second-order valence-electron chi connectivity index (χ2n) is 4.08. The topological polar surface area (TPSA) is 91.0 Å². The Morgan fingerprint density at radius 3 is 2.82 bits per heavy atom. The maximum Gasteiger partial charge on any atom is 0.360 e. The van der Waals surface area contributed by atoms with Crippen LogP contribution in [0.25, 0.3) is 0 Å². The number of carbonyl (C=O) groups excluding carboxylic acids is 1. The molecular weight excluding hydrogens is 347 g/mol. The lowest BCUT2D eigenvalue weighted by molar-refractivity contribution is 0.0518. The fourth-order valence-corrected chi connectivity index (χ4v) is 2.86. The summed E-state index contributed by atoms with van der Waals surface area (Å²) in [5.74, 6) is -0.404. The third kappa shape index (κ3) is 3.60. The summed E-state index contributed by atoms with van der Waals surface area (Å²) in [6.45, 7) is 3.65. The van der Waals surface area contributed by atoms with Gasteiger partial charge < -0.3 is 10.5 Å². The zero-order valence-electron chi connectivity index (χ0n) is 11.8. The molecule has 0 saturated carbocycles. The highest BCUT2D eigenvalue weighted by atomic mass is 35.5. The molecular formula is C13H12Cl2N4O2S. The monoisotopic (exact) mass is 358 g/mol. The van der Waals surface area contributed by atoms with Gasteiger partial charge in [0, 0.05) is 11.1 Å². The summed E-state index contributed by atoms with van der Waals surface area (Å²) in [6.07, 6.45) is 1.54. The Hall–Kier alpha value is -1.57. The Bertz CT molecular complexity index is 727. The molecule has 2 aromatic rings. The fraction of sp³-hybridized carbons (Fsp3) is 0.231. The predicted molar refractivity (Wildman–Crippen MR) is 85.5 cm³/mol. The number of nitrogens with zero attached hydrogens (tertiary/aromatic N) is 3. The lowest BCUT2D eigenvalue weighted by atomic mass is 10.4. The van der Waals surface area contributed by atoms with E-state index < -0.39 is 5.97 Å². The van der Waals surface area contributed by atoms with Crippen molar-refractivity contribution in [3.63, 3.8) is 0 Å². The van der Waals surface area contributed by atoms with Crippen LogP contribution in [0.4, 0.5) is 5.82 Å². The average Bonchev–Trinajstić information content (AvgIpc) is 2.46. The minimum absolute atomic E-state index is 0.000592. The maximum absolute atomic E-state index is 11.8. The van der Waals surface area contributed by atoms with E-state index in [1.807, 2.05) is 0 Å². The molecule has 0 aliphatic rings. The van der Waals surface area contributed by atoms with E-state index in [2.05, 4.69) is 15.0 Å². The molecule has 0 unspecified atom stereocenters. The van der Waals surface area contributed by atoms with Crippen molar-refractivity contribution in [1.29, 1.82) is 0 Å². The number of aromatic nitrogens is 3. The SMILES string of the molecule is CCOC(=O)c1nc(Sc2ccnc(N)c2Cl)c(C)nc1Cl. The number of aryl methyl sites for hydroxylation is 1. The van der Waals surface area contributed by atoms with Gasteiger partial charge in [0.2, 0.25) is 0 Å². The molecule has 0 spiro atoms. The van der Waals surface area contributed by atoms with Crippen LogP contribution in [0.3, 0.4) is 0 Å². The Balaban J connectivity index is 2.41. The predicted octanol–water partition coefficient (Wildman–Crippen LogP) is 3.40. The molecule has 2 N–H and O–H groups in total. The molecule has 0 aromatic carbocycles. The molecule has 0 bridgehead atoms. The van der Waals surface area contributed by atoms with Crippen LogP contribution in [0.5, 0.6) is 0 Å². The molecule has 0 aliphatic heterocycles. The number of nitrogens with two attached hydrogens (primary N) is 1. The summed E-state index contributed by atoms with van der Waals surface area (Å²) in [6, 6.07) is 1.70. The molecule has 22 heavy (non-hydrogen) atoms. The van der Waals surface area contributed by atoms with Crippen LogP contribution in [0.15, 0.2) is 22.2 Å². The van der Waals surface area contributed by atoms with E-state index in [0.29, 0.717) is 20.6 Å². The second kappa shape index (κ2) is 7.13. The summed E-state index contributed by atoms with van der Waals surface area (Å²) < 4.78 is 4.91. The molecule has 0 fully saturated rings. The number of rotatable bonds is 4. The quantitative estimate of drug-likeness (QED) is 0.837. The highest BCUT2D eigenvalue weighted by Gasteiger charge is 2.19. The molecule has 2 aromatic heterocycles. The third-order valence-corrected chi connectivity index (χ3v) is 4.45. The van der Waals surface area contributed by atoms with Crippen molar-refractivity contribution in [2.24, 2.45) is 0 Å². The summed E-state index contributed by atoms with van der Waals surface area (Å²) in [4.78, 5) is 24.7. The number of pyridine rings is 1. The van der Waals surface area contributed by atoms with E-state index in [4.69, 9.17) is 33.7 Å². The van der Waals surface area contributed by atoms with E-state index in [0.717, 1.165) is 0 Å². The van der Waals surface area contributed by atoms with Gasteiger partial charge in [-0.2, -0.15) is 0 Å². The molecule has 2 rings (SSSR count). The van der Waals surface area contributed by atoms with Gasteiger partial charge in [-0.3, -0.25) is 0 Å². The van der Waals surface area contributed by atoms with Crippen molar-refractivity contribution in [3.8, 4) is 0 Å². The van der Waals surface area contributed by atoms with E-state index in [9.17, 15) is 4.79 Å². The van der Waals surface area contributed by atoms with Crippen LogP contribution in [0.2, 0.25) is 10.2 Å². The molecule has 6 nitrogen and oxygen atoms in total. The number of esters is 1. The summed E-state index contributed by atoms with van der Waals surface area (Å²) in [5.41, 5.74) is 6.20. The van der Waals surface area contributed by atoms with Crippen molar-refractivity contribution in [1.82, 2.24) is 15.0 Å². The molecule has 0 radical (unpaired) electrons. The van der Waals surface area contributed by atoms with Crippen molar-refractivity contribution >= 4 is 46.8 Å². The van der Waals surface area contributed by atoms with E-state index in [-0.39, 0.29) is 23.3 Å². The molecule has 0 saturated heterocycles. The second-order valence-corrected chi connectivity index (χ2v) is 5.85. The molecule has 9 heteroatoms. The number of hydrogen-bond acceptors (Lipinski definition) is 7. The van der Waals surface area contributed by atoms with Gasteiger partial charge >= 0.3 is 5.97 Å². The highest BCUT2D eigenvalue weighted by Crippen LogP contribution is 2.36. The first kappa shape index (κ1) is 16.8. The van der Waals surface area contributed by atoms with Gasteiger partial charge in [-0.1, -0.05) is 35.0 Å². The van der Waals surface area contributed by atoms with Crippen molar-refractivity contribution in [2.75, 3.05) is 12.3 Å². The Kier molecular flexibility index (Phi) is 5.44. The summed E-state index contributed by atoms with van der Waals surface area (Å²) in [5, 5.41) is 0.807. The van der Waals surface area contributed by atoms with Crippen molar-refractivity contribution < 1.29 is 9.53 Å². The van der Waals surface area contributed by atoms with Crippen LogP contribution >= 0.6 is 35.0 Å². The molecule has 116 valence electrons. The third-order valence-electron chi connectivity index (χ3n) is 2.54. The lowest BCUT2D eigenvalue weighted by Gasteiger charge is -2.09. The van der Waals surface area contributed by atoms with Gasteiger partial charge in [0.1, 0.15) is 10.8 Å². The lowest BCUT2D eigenvalue weighted by Crippen LogP contribution is -2.10. The number of ether oxygens (including phenoxy) is 1. The molecule has 2 heterocycles. The number of halogens is 2. The standard InChI is InChI=1S/C13H12Cl2N4O2S/c1-3-21-13(20)9-10(15)18-6(2)12(19-9)22-7-4-5-17-11(16)8(7)14/h4-5H,3H2,1-2H3,(H2,16,17). The average molecular weight is 359 g/mol. The van der Waals surface area contributed by atoms with Gasteiger partial charge in [0.25, 0.3) is 0 Å². The Morgan fingerprint density at radius 2 is 2.14 bits per heavy atom. The summed E-state index contributed by atoms with van der Waals surface area (Å²) >= 11 is 13.3. The van der Waals surface area contributed by atoms with E-state index in [1.54, 1.807) is 19.9 Å². The van der Waals surface area contributed by atoms with Gasteiger partial charge in [-0.05, 0) is 19.9 Å². The molecule has 0 aliphatic carbocycles. The highest BCUT2D eigenvalue weighted by molar-refractivity contribution is 7.99. The van der Waals surface area contributed by atoms with Crippen molar-refractivity contribution in [3.05, 3.63) is 33.8 Å². The number of carbonyl (C=O) groups is 1.